The molecule has 0 bridgehead atoms. The fourth-order valence-corrected chi connectivity index (χ4v) is 4.11. The third-order valence-electron chi connectivity index (χ3n) is 4.26. The molecular weight excluding hydrogens is 346 g/mol. The molecule has 5 nitrogen and oxygen atoms in total. The summed E-state index contributed by atoms with van der Waals surface area (Å²) in [6, 6.07) is 3.88. The van der Waals surface area contributed by atoms with Gasteiger partial charge in [0.15, 0.2) is 0 Å². The van der Waals surface area contributed by atoms with Gasteiger partial charge in [0.25, 0.3) is 0 Å². The van der Waals surface area contributed by atoms with Crippen LogP contribution < -0.4 is 5.32 Å². The number of rotatable bonds is 6. The largest absolute Gasteiger partial charge is 0.468 e. The highest BCUT2D eigenvalue weighted by atomic mass is 35.5. The van der Waals surface area contributed by atoms with Gasteiger partial charge in [0.2, 0.25) is 5.91 Å². The van der Waals surface area contributed by atoms with Crippen molar-refractivity contribution in [2.45, 2.75) is 32.7 Å². The standard InChI is InChI=1S/C17H22ClN3O2S/c1-12-16(18)24-15(20-12)6-7-19-17(22)13-4-2-8-21(10-13)11-14-5-3-9-23-14/h3,5,9,13H,2,4,6-8,10-11H2,1H3,(H,19,22)/t13-/m0/s1. The number of carbonyl (C=O) groups excluding carboxylic acids is 1. The molecule has 0 spiro atoms. The summed E-state index contributed by atoms with van der Waals surface area (Å²) in [5.74, 6) is 1.14. The van der Waals surface area contributed by atoms with Crippen molar-refractivity contribution in [3.8, 4) is 0 Å². The van der Waals surface area contributed by atoms with Crippen LogP contribution in [0, 0.1) is 12.8 Å². The van der Waals surface area contributed by atoms with E-state index >= 15 is 0 Å². The Hall–Kier alpha value is -1.37. The van der Waals surface area contributed by atoms with Crippen molar-refractivity contribution in [1.82, 2.24) is 15.2 Å². The van der Waals surface area contributed by atoms with Crippen LogP contribution in [0.25, 0.3) is 0 Å². The van der Waals surface area contributed by atoms with Gasteiger partial charge >= 0.3 is 0 Å². The van der Waals surface area contributed by atoms with Gasteiger partial charge in [-0.3, -0.25) is 9.69 Å². The van der Waals surface area contributed by atoms with E-state index in [0.717, 1.165) is 59.7 Å². The van der Waals surface area contributed by atoms with Gasteiger partial charge in [0.05, 0.1) is 29.4 Å². The van der Waals surface area contributed by atoms with Crippen LogP contribution in [-0.4, -0.2) is 35.4 Å². The number of carbonyl (C=O) groups is 1. The van der Waals surface area contributed by atoms with E-state index in [2.05, 4.69) is 15.2 Å². The number of aromatic nitrogens is 1. The highest BCUT2D eigenvalue weighted by Gasteiger charge is 2.26. The number of nitrogens with zero attached hydrogens (tertiary/aromatic N) is 2. The molecule has 2 aromatic heterocycles. The Morgan fingerprint density at radius 1 is 1.58 bits per heavy atom. The molecule has 0 aliphatic carbocycles. The molecule has 1 saturated heterocycles. The van der Waals surface area contributed by atoms with Crippen LogP contribution in [0.5, 0.6) is 0 Å². The van der Waals surface area contributed by atoms with E-state index in [-0.39, 0.29) is 11.8 Å². The first-order valence-corrected chi connectivity index (χ1v) is 9.45. The molecule has 0 saturated carbocycles. The van der Waals surface area contributed by atoms with E-state index in [4.69, 9.17) is 16.0 Å². The number of thiazole rings is 1. The molecule has 1 fully saturated rings. The fourth-order valence-electron chi connectivity index (χ4n) is 3.01. The fraction of sp³-hybridized carbons (Fsp3) is 0.529. The van der Waals surface area contributed by atoms with Gasteiger partial charge in [0, 0.05) is 19.5 Å². The molecule has 24 heavy (non-hydrogen) atoms. The van der Waals surface area contributed by atoms with Gasteiger partial charge < -0.3 is 9.73 Å². The molecule has 0 radical (unpaired) electrons. The van der Waals surface area contributed by atoms with Crippen molar-refractivity contribution < 1.29 is 9.21 Å². The molecule has 130 valence electrons. The minimum atomic E-state index is 0.0512. The second kappa shape index (κ2) is 8.14. The van der Waals surface area contributed by atoms with Crippen LogP contribution in [-0.2, 0) is 17.8 Å². The summed E-state index contributed by atoms with van der Waals surface area (Å²) in [5, 5.41) is 4.02. The molecule has 0 aromatic carbocycles. The Balaban J connectivity index is 1.44. The topological polar surface area (TPSA) is 58.4 Å². The quantitative estimate of drug-likeness (QED) is 0.851. The van der Waals surface area contributed by atoms with Crippen LogP contribution in [0.2, 0.25) is 4.34 Å². The second-order valence-corrected chi connectivity index (χ2v) is 7.85. The SMILES string of the molecule is Cc1nc(CCNC(=O)[C@H]2CCCN(Cc3ccco3)C2)sc1Cl. The number of piperidine rings is 1. The van der Waals surface area contributed by atoms with E-state index < -0.39 is 0 Å². The molecule has 1 aliphatic heterocycles. The van der Waals surface area contributed by atoms with Gasteiger partial charge in [-0.2, -0.15) is 0 Å². The number of amides is 1. The van der Waals surface area contributed by atoms with Crippen molar-refractivity contribution in [3.63, 3.8) is 0 Å². The third kappa shape index (κ3) is 4.59. The lowest BCUT2D eigenvalue weighted by molar-refractivity contribution is -0.126. The van der Waals surface area contributed by atoms with Crippen LogP contribution in [0.1, 0.15) is 29.3 Å². The maximum Gasteiger partial charge on any atom is 0.224 e. The van der Waals surface area contributed by atoms with Gasteiger partial charge in [-0.15, -0.1) is 11.3 Å². The Morgan fingerprint density at radius 3 is 3.17 bits per heavy atom. The van der Waals surface area contributed by atoms with Gasteiger partial charge in [-0.1, -0.05) is 11.6 Å². The molecule has 1 amide bonds. The van der Waals surface area contributed by atoms with Crippen LogP contribution in [0.4, 0.5) is 0 Å². The summed E-state index contributed by atoms with van der Waals surface area (Å²) in [5.41, 5.74) is 0.865. The van der Waals surface area contributed by atoms with Crippen LogP contribution in [0.3, 0.4) is 0 Å². The van der Waals surface area contributed by atoms with Crippen molar-refractivity contribution in [3.05, 3.63) is 39.2 Å². The summed E-state index contributed by atoms with van der Waals surface area (Å²) in [6.45, 7) is 5.08. The molecule has 1 N–H and O–H groups in total. The predicted octanol–water partition coefficient (Wildman–Crippen LogP) is 3.27. The number of hydrogen-bond acceptors (Lipinski definition) is 5. The van der Waals surface area contributed by atoms with Gasteiger partial charge in [-0.05, 0) is 38.4 Å². The Kier molecular flexibility index (Phi) is 5.92. The molecule has 3 heterocycles. The number of halogens is 1. The van der Waals surface area contributed by atoms with E-state index in [0.29, 0.717) is 6.54 Å². The van der Waals surface area contributed by atoms with E-state index in [1.54, 1.807) is 6.26 Å². The van der Waals surface area contributed by atoms with Crippen molar-refractivity contribution >= 4 is 28.8 Å². The first kappa shape index (κ1) is 17.5. The number of furan rings is 1. The highest BCUT2D eigenvalue weighted by Crippen LogP contribution is 2.23. The lowest BCUT2D eigenvalue weighted by Crippen LogP contribution is -2.43. The minimum absolute atomic E-state index is 0.0512. The minimum Gasteiger partial charge on any atom is -0.468 e. The Morgan fingerprint density at radius 2 is 2.46 bits per heavy atom. The first-order chi connectivity index (χ1) is 11.6. The zero-order valence-electron chi connectivity index (χ0n) is 13.8. The number of nitrogens with one attached hydrogen (secondary N) is 1. The molecule has 3 rings (SSSR count). The third-order valence-corrected chi connectivity index (χ3v) is 5.77. The maximum atomic E-state index is 12.4. The smallest absolute Gasteiger partial charge is 0.224 e. The Labute approximate surface area is 151 Å². The molecule has 7 heteroatoms. The number of likely N-dealkylation sites (tertiary alicyclic amines) is 1. The lowest BCUT2D eigenvalue weighted by atomic mass is 9.97. The van der Waals surface area contributed by atoms with E-state index in [1.165, 1.54) is 11.3 Å². The monoisotopic (exact) mass is 367 g/mol. The Bertz CT molecular complexity index is 652. The van der Waals surface area contributed by atoms with E-state index in [9.17, 15) is 4.79 Å². The van der Waals surface area contributed by atoms with Crippen molar-refractivity contribution in [1.29, 1.82) is 0 Å². The summed E-state index contributed by atoms with van der Waals surface area (Å²) in [6.07, 6.45) is 4.41. The zero-order chi connectivity index (χ0) is 16.9. The lowest BCUT2D eigenvalue weighted by Gasteiger charge is -2.31. The number of hydrogen-bond donors (Lipinski definition) is 1. The average molecular weight is 368 g/mol. The summed E-state index contributed by atoms with van der Waals surface area (Å²) >= 11 is 7.51. The van der Waals surface area contributed by atoms with Gasteiger partial charge in [-0.25, -0.2) is 4.98 Å². The van der Waals surface area contributed by atoms with Crippen LogP contribution in [0.15, 0.2) is 22.8 Å². The molecule has 1 atom stereocenters. The summed E-state index contributed by atoms with van der Waals surface area (Å²) in [7, 11) is 0. The highest BCUT2D eigenvalue weighted by molar-refractivity contribution is 7.16. The molecule has 1 aliphatic rings. The van der Waals surface area contributed by atoms with Crippen molar-refractivity contribution in [2.24, 2.45) is 5.92 Å². The number of aryl methyl sites for hydroxylation is 1. The van der Waals surface area contributed by atoms with Crippen LogP contribution >= 0.6 is 22.9 Å². The van der Waals surface area contributed by atoms with E-state index in [1.807, 2.05) is 19.1 Å². The predicted molar refractivity (Wildman–Crippen MR) is 95.3 cm³/mol. The average Bonchev–Trinajstić information content (AvgIpc) is 3.18. The maximum absolute atomic E-state index is 12.4. The molecule has 2 aromatic rings. The molecular formula is C17H22ClN3O2S. The summed E-state index contributed by atoms with van der Waals surface area (Å²) < 4.78 is 6.13. The zero-order valence-corrected chi connectivity index (χ0v) is 15.3. The van der Waals surface area contributed by atoms with Gasteiger partial charge in [0.1, 0.15) is 10.1 Å². The summed E-state index contributed by atoms with van der Waals surface area (Å²) in [4.78, 5) is 19.1. The second-order valence-electron chi connectivity index (χ2n) is 6.16. The molecule has 0 unspecified atom stereocenters. The first-order valence-electron chi connectivity index (χ1n) is 8.26. The van der Waals surface area contributed by atoms with Crippen molar-refractivity contribution in [2.75, 3.05) is 19.6 Å². The normalized spacial score (nSPS) is 18.7.